The number of carbonyl (C=O) groups excluding carboxylic acids is 1. The van der Waals surface area contributed by atoms with Gasteiger partial charge in [0.05, 0.1) is 26.2 Å². The molecule has 0 radical (unpaired) electrons. The minimum absolute atomic E-state index is 0.0518. The Bertz CT molecular complexity index is 1630. The predicted octanol–water partition coefficient (Wildman–Crippen LogP) is 6.12. The van der Waals surface area contributed by atoms with Crippen molar-refractivity contribution in [2.45, 2.75) is 38.0 Å². The Labute approximate surface area is 245 Å². The van der Waals surface area contributed by atoms with E-state index in [1.165, 1.54) is 29.8 Å². The molecule has 4 heterocycles. The minimum atomic E-state index is -0.310. The summed E-state index contributed by atoms with van der Waals surface area (Å²) in [4.78, 5) is 23.7. The zero-order valence-electron chi connectivity index (χ0n) is 22.0. The van der Waals surface area contributed by atoms with Gasteiger partial charge in [0.2, 0.25) is 0 Å². The van der Waals surface area contributed by atoms with E-state index in [-0.39, 0.29) is 30.7 Å². The molecule has 8 nitrogen and oxygen atoms in total. The lowest BCUT2D eigenvalue weighted by Gasteiger charge is -2.18. The van der Waals surface area contributed by atoms with Crippen LogP contribution in [0.25, 0.3) is 10.2 Å². The second-order valence-electron chi connectivity index (χ2n) is 9.90. The van der Waals surface area contributed by atoms with Crippen LogP contribution in [0, 0.1) is 17.7 Å². The van der Waals surface area contributed by atoms with Gasteiger partial charge in [-0.15, -0.1) is 11.3 Å². The summed E-state index contributed by atoms with van der Waals surface area (Å²) in [5.74, 6) is 7.34. The molecular weight excluding hydrogens is 565 g/mol. The van der Waals surface area contributed by atoms with Gasteiger partial charge < -0.3 is 19.7 Å². The Hall–Kier alpha value is -3.91. The van der Waals surface area contributed by atoms with Gasteiger partial charge >= 0.3 is 6.09 Å². The van der Waals surface area contributed by atoms with E-state index in [1.807, 2.05) is 12.1 Å². The van der Waals surface area contributed by atoms with E-state index in [0.717, 1.165) is 46.7 Å². The minimum Gasteiger partial charge on any atom is -0.487 e. The summed E-state index contributed by atoms with van der Waals surface area (Å²) in [7, 11) is 0. The van der Waals surface area contributed by atoms with Gasteiger partial charge in [-0.2, -0.15) is 0 Å². The van der Waals surface area contributed by atoms with Crippen LogP contribution in [0.4, 0.5) is 20.7 Å². The van der Waals surface area contributed by atoms with Gasteiger partial charge in [0.15, 0.2) is 5.82 Å². The highest BCUT2D eigenvalue weighted by Crippen LogP contribution is 2.33. The number of hydrogen-bond acceptors (Lipinski definition) is 8. The zero-order chi connectivity index (χ0) is 28.2. The number of benzene rings is 2. The molecule has 2 N–H and O–H groups in total. The van der Waals surface area contributed by atoms with Crippen molar-refractivity contribution < 1.29 is 18.7 Å². The molecule has 2 fully saturated rings. The Morgan fingerprint density at radius 2 is 2.07 bits per heavy atom. The van der Waals surface area contributed by atoms with Crippen molar-refractivity contribution in [3.05, 3.63) is 76.1 Å². The number of aromatic nitrogens is 2. The number of nitrogens with one attached hydrogen (secondary N) is 2. The first-order valence-corrected chi connectivity index (χ1v) is 14.6. The second kappa shape index (κ2) is 12.3. The Morgan fingerprint density at radius 3 is 2.90 bits per heavy atom. The van der Waals surface area contributed by atoms with E-state index in [0.29, 0.717) is 35.1 Å². The molecule has 1 amide bonds. The van der Waals surface area contributed by atoms with Crippen LogP contribution in [0.1, 0.15) is 29.7 Å². The predicted molar refractivity (Wildman–Crippen MR) is 157 cm³/mol. The highest BCUT2D eigenvalue weighted by Gasteiger charge is 2.28. The highest BCUT2D eigenvalue weighted by atomic mass is 35.5. The Morgan fingerprint density at radius 1 is 1.20 bits per heavy atom. The summed E-state index contributed by atoms with van der Waals surface area (Å²) in [6, 6.07) is 13.5. The Balaban J connectivity index is 1.09. The number of halogens is 2. The molecule has 0 bridgehead atoms. The molecule has 210 valence electrons. The number of ether oxygens (including phenoxy) is 2. The molecule has 41 heavy (non-hydrogen) atoms. The quantitative estimate of drug-likeness (QED) is 0.261. The summed E-state index contributed by atoms with van der Waals surface area (Å²) < 4.78 is 25.7. The van der Waals surface area contributed by atoms with Gasteiger partial charge in [-0.1, -0.05) is 35.6 Å². The molecular formula is C30H27ClFN5O3S. The van der Waals surface area contributed by atoms with Crippen molar-refractivity contribution in [1.82, 2.24) is 20.2 Å². The molecule has 0 unspecified atom stereocenters. The average Bonchev–Trinajstić information content (AvgIpc) is 3.73. The normalized spacial score (nSPS) is 18.2. The van der Waals surface area contributed by atoms with Gasteiger partial charge in [0, 0.05) is 31.7 Å². The van der Waals surface area contributed by atoms with E-state index in [9.17, 15) is 9.18 Å². The Kier molecular flexibility index (Phi) is 8.19. The first-order valence-electron chi connectivity index (χ1n) is 13.4. The molecule has 2 saturated heterocycles. The van der Waals surface area contributed by atoms with Crippen molar-refractivity contribution >= 4 is 50.8 Å². The van der Waals surface area contributed by atoms with Crippen LogP contribution < -0.4 is 15.4 Å². The molecule has 4 aromatic rings. The number of rotatable bonds is 6. The molecule has 2 aliphatic rings. The third-order valence-corrected chi connectivity index (χ3v) is 8.22. The fourth-order valence-corrected chi connectivity index (χ4v) is 5.96. The lowest BCUT2D eigenvalue weighted by Crippen LogP contribution is -2.32. The van der Waals surface area contributed by atoms with Gasteiger partial charge in [0.1, 0.15) is 30.6 Å². The number of thiophene rings is 1. The monoisotopic (exact) mass is 591 g/mol. The molecule has 0 spiro atoms. The lowest BCUT2D eigenvalue weighted by molar-refractivity contribution is 0.0763. The SMILES string of the molecule is O=C(O[C@H]1CN[C@H](C#Cc2cc3ncnc(Nc4ccc(OCc5cccc(F)c5)c(Cl)c4)c3s2)C1)N1CCCC1. The van der Waals surface area contributed by atoms with Crippen LogP contribution in [-0.2, 0) is 11.3 Å². The van der Waals surface area contributed by atoms with E-state index in [4.69, 9.17) is 21.1 Å². The summed E-state index contributed by atoms with van der Waals surface area (Å²) in [5.41, 5.74) is 2.24. The summed E-state index contributed by atoms with van der Waals surface area (Å²) in [6.45, 7) is 2.36. The van der Waals surface area contributed by atoms with Crippen LogP contribution >= 0.6 is 22.9 Å². The van der Waals surface area contributed by atoms with E-state index >= 15 is 0 Å². The first kappa shape index (κ1) is 27.3. The first-order chi connectivity index (χ1) is 20.0. The second-order valence-corrected chi connectivity index (χ2v) is 11.4. The number of nitrogens with zero attached hydrogens (tertiary/aromatic N) is 3. The van der Waals surface area contributed by atoms with Crippen molar-refractivity contribution in [2.75, 3.05) is 25.0 Å². The number of hydrogen-bond donors (Lipinski definition) is 2. The lowest BCUT2D eigenvalue weighted by atomic mass is 10.2. The number of carbonyl (C=O) groups is 1. The number of anilines is 2. The van der Waals surface area contributed by atoms with Crippen LogP contribution in [0.2, 0.25) is 5.02 Å². The van der Waals surface area contributed by atoms with Crippen LogP contribution in [0.3, 0.4) is 0 Å². The maximum atomic E-state index is 13.4. The number of amides is 1. The topological polar surface area (TPSA) is 88.6 Å². The fourth-order valence-electron chi connectivity index (χ4n) is 4.80. The van der Waals surface area contributed by atoms with Crippen molar-refractivity contribution in [2.24, 2.45) is 0 Å². The van der Waals surface area contributed by atoms with Crippen LogP contribution in [0.5, 0.6) is 5.75 Å². The molecule has 2 atom stereocenters. The standard InChI is InChI=1S/C30H27ClFN5O3S/c31-25-14-22(7-9-27(25)39-17-19-4-3-5-20(32)12-19)36-29-28-26(34-18-35-29)15-24(41-28)8-6-21-13-23(16-33-21)40-30(38)37-10-1-2-11-37/h3-5,7,9,12,14-15,18,21,23,33H,1-2,10-11,13,16-17H2,(H,34,35,36)/t21-,23-/m1/s1. The van der Waals surface area contributed by atoms with Crippen molar-refractivity contribution in [3.63, 3.8) is 0 Å². The molecule has 11 heteroatoms. The summed E-state index contributed by atoms with van der Waals surface area (Å²) >= 11 is 7.97. The number of likely N-dealkylation sites (tertiary alicyclic amines) is 1. The third kappa shape index (κ3) is 6.70. The molecule has 2 aromatic heterocycles. The molecule has 2 aliphatic heterocycles. The van der Waals surface area contributed by atoms with E-state index in [2.05, 4.69) is 32.4 Å². The van der Waals surface area contributed by atoms with Gasteiger partial charge in [-0.3, -0.25) is 5.32 Å². The molecule has 2 aromatic carbocycles. The van der Waals surface area contributed by atoms with E-state index in [1.54, 1.807) is 29.2 Å². The van der Waals surface area contributed by atoms with Crippen LogP contribution in [0.15, 0.2) is 54.9 Å². The third-order valence-electron chi connectivity index (χ3n) is 6.88. The maximum Gasteiger partial charge on any atom is 0.410 e. The molecule has 0 saturated carbocycles. The average molecular weight is 592 g/mol. The van der Waals surface area contributed by atoms with Crippen LogP contribution in [-0.4, -0.2) is 52.7 Å². The highest BCUT2D eigenvalue weighted by molar-refractivity contribution is 7.20. The maximum absolute atomic E-state index is 13.4. The number of fused-ring (bicyclic) bond motifs is 1. The fraction of sp³-hybridized carbons (Fsp3) is 0.300. The zero-order valence-corrected chi connectivity index (χ0v) is 23.6. The van der Waals surface area contributed by atoms with Crippen molar-refractivity contribution in [3.8, 4) is 17.6 Å². The molecule has 0 aliphatic carbocycles. The summed E-state index contributed by atoms with van der Waals surface area (Å²) in [6.07, 6.45) is 3.85. The van der Waals surface area contributed by atoms with E-state index < -0.39 is 0 Å². The smallest absolute Gasteiger partial charge is 0.410 e. The van der Waals surface area contributed by atoms with Crippen molar-refractivity contribution in [1.29, 1.82) is 0 Å². The molecule has 6 rings (SSSR count). The summed E-state index contributed by atoms with van der Waals surface area (Å²) in [5, 5.41) is 7.07. The van der Waals surface area contributed by atoms with Gasteiger partial charge in [0.25, 0.3) is 0 Å². The van der Waals surface area contributed by atoms with Gasteiger partial charge in [-0.05, 0) is 54.8 Å². The largest absolute Gasteiger partial charge is 0.487 e. The van der Waals surface area contributed by atoms with Gasteiger partial charge in [-0.25, -0.2) is 19.2 Å².